The van der Waals surface area contributed by atoms with E-state index in [1.165, 1.54) is 6.07 Å². The highest BCUT2D eigenvalue weighted by atomic mass is 19.1. The van der Waals surface area contributed by atoms with Crippen LogP contribution >= 0.6 is 0 Å². The van der Waals surface area contributed by atoms with Crippen LogP contribution in [0, 0.1) is 15.9 Å². The third-order valence-electron chi connectivity index (χ3n) is 2.86. The molecule has 0 saturated carbocycles. The van der Waals surface area contributed by atoms with E-state index in [1.807, 2.05) is 6.92 Å². The fourth-order valence-corrected chi connectivity index (χ4v) is 1.61. The van der Waals surface area contributed by atoms with Crippen molar-refractivity contribution in [2.75, 3.05) is 13.2 Å². The Bertz CT molecular complexity index is 438. The van der Waals surface area contributed by atoms with Gasteiger partial charge >= 0.3 is 5.69 Å². The molecule has 0 spiro atoms. The summed E-state index contributed by atoms with van der Waals surface area (Å²) in [4.78, 5) is 9.76. The van der Waals surface area contributed by atoms with Crippen LogP contribution in [0.15, 0.2) is 18.2 Å². The average molecular weight is 272 g/mol. The molecule has 7 heteroatoms. The van der Waals surface area contributed by atoms with E-state index in [2.05, 4.69) is 5.32 Å². The Morgan fingerprint density at radius 1 is 1.53 bits per heavy atom. The first kappa shape index (κ1) is 15.5. The lowest BCUT2D eigenvalue weighted by atomic mass is 10.1. The van der Waals surface area contributed by atoms with E-state index in [9.17, 15) is 19.6 Å². The van der Waals surface area contributed by atoms with Gasteiger partial charge in [0.15, 0.2) is 0 Å². The Morgan fingerprint density at radius 2 is 2.21 bits per heavy atom. The summed E-state index contributed by atoms with van der Waals surface area (Å²) < 4.78 is 13.1. The van der Waals surface area contributed by atoms with Gasteiger partial charge in [0.05, 0.1) is 17.6 Å². The highest BCUT2D eigenvalue weighted by Crippen LogP contribution is 2.22. The number of aliphatic hydroxyl groups is 2. The summed E-state index contributed by atoms with van der Waals surface area (Å²) in [5.74, 6) is -0.935. The van der Waals surface area contributed by atoms with Gasteiger partial charge in [-0.05, 0) is 18.1 Å². The van der Waals surface area contributed by atoms with Crippen molar-refractivity contribution < 1.29 is 19.5 Å². The predicted octanol–water partition coefficient (Wildman–Crippen LogP) is 1.13. The van der Waals surface area contributed by atoms with E-state index < -0.39 is 22.5 Å². The maximum Gasteiger partial charge on any atom is 0.305 e. The van der Waals surface area contributed by atoms with Gasteiger partial charge in [0.1, 0.15) is 0 Å². The van der Waals surface area contributed by atoms with Crippen molar-refractivity contribution in [3.63, 3.8) is 0 Å². The van der Waals surface area contributed by atoms with Crippen LogP contribution in [0.25, 0.3) is 0 Å². The predicted molar refractivity (Wildman–Crippen MR) is 67.2 cm³/mol. The van der Waals surface area contributed by atoms with Gasteiger partial charge in [-0.25, -0.2) is 0 Å². The molecule has 0 aliphatic rings. The van der Waals surface area contributed by atoms with E-state index in [1.54, 1.807) is 0 Å². The second-order valence-corrected chi connectivity index (χ2v) is 4.18. The molecule has 2 atom stereocenters. The van der Waals surface area contributed by atoms with Crippen molar-refractivity contribution in [3.8, 4) is 0 Å². The Morgan fingerprint density at radius 3 is 2.74 bits per heavy atom. The van der Waals surface area contributed by atoms with Crippen LogP contribution in [-0.4, -0.2) is 34.3 Å². The number of nitro benzene ring substituents is 1. The highest BCUT2D eigenvalue weighted by molar-refractivity contribution is 5.37. The Balaban J connectivity index is 2.74. The first-order chi connectivity index (χ1) is 8.99. The van der Waals surface area contributed by atoms with Crippen molar-refractivity contribution in [1.29, 1.82) is 0 Å². The van der Waals surface area contributed by atoms with E-state index in [-0.39, 0.29) is 24.8 Å². The normalized spacial score (nSPS) is 14.1. The van der Waals surface area contributed by atoms with Crippen molar-refractivity contribution in [2.45, 2.75) is 25.5 Å². The maximum absolute atomic E-state index is 13.1. The molecular weight excluding hydrogens is 255 g/mol. The minimum absolute atomic E-state index is 0.0627. The van der Waals surface area contributed by atoms with Crippen molar-refractivity contribution >= 4 is 5.69 Å². The molecule has 106 valence electrons. The van der Waals surface area contributed by atoms with Crippen molar-refractivity contribution in [1.82, 2.24) is 5.32 Å². The maximum atomic E-state index is 13.1. The number of rotatable bonds is 7. The number of aliphatic hydroxyl groups excluding tert-OH is 2. The van der Waals surface area contributed by atoms with Crippen LogP contribution in [-0.2, 0) is 0 Å². The number of hydrogen-bond donors (Lipinski definition) is 3. The third kappa shape index (κ3) is 4.23. The molecular formula is C12H17FN2O4. The second-order valence-electron chi connectivity index (χ2n) is 4.18. The highest BCUT2D eigenvalue weighted by Gasteiger charge is 2.18. The molecule has 6 nitrogen and oxygen atoms in total. The lowest BCUT2D eigenvalue weighted by Crippen LogP contribution is -2.34. The van der Waals surface area contributed by atoms with Crippen LogP contribution in [0.3, 0.4) is 0 Å². The van der Waals surface area contributed by atoms with Gasteiger partial charge in [0, 0.05) is 18.7 Å². The van der Waals surface area contributed by atoms with Crippen LogP contribution in [0.4, 0.5) is 10.1 Å². The van der Waals surface area contributed by atoms with Gasteiger partial charge in [0.25, 0.3) is 0 Å². The first-order valence-corrected chi connectivity index (χ1v) is 5.95. The number of hydrogen-bond acceptors (Lipinski definition) is 5. The molecule has 2 unspecified atom stereocenters. The van der Waals surface area contributed by atoms with Crippen LogP contribution < -0.4 is 5.32 Å². The molecule has 0 radical (unpaired) electrons. The van der Waals surface area contributed by atoms with Gasteiger partial charge in [-0.15, -0.1) is 0 Å². The molecule has 3 N–H and O–H groups in total. The van der Waals surface area contributed by atoms with Gasteiger partial charge < -0.3 is 15.5 Å². The Kier molecular flexibility index (Phi) is 5.81. The number of nitro groups is 1. The quantitative estimate of drug-likeness (QED) is 0.511. The average Bonchev–Trinajstić information content (AvgIpc) is 2.39. The number of nitrogens with one attached hydrogen (secondary N) is 1. The summed E-state index contributed by atoms with van der Waals surface area (Å²) in [7, 11) is 0. The lowest BCUT2D eigenvalue weighted by Gasteiger charge is -2.17. The standard InChI is InChI=1S/C12H17FN2O4/c1-2-9(7-16)14-6-12(17)8-3-4-10(13)11(5-8)15(18)19/h3-5,9,12,14,16-17H,2,6-7H2,1H3. The Labute approximate surface area is 110 Å². The van der Waals surface area contributed by atoms with Crippen LogP contribution in [0.5, 0.6) is 0 Å². The fraction of sp³-hybridized carbons (Fsp3) is 0.500. The zero-order chi connectivity index (χ0) is 14.4. The zero-order valence-electron chi connectivity index (χ0n) is 10.5. The molecule has 0 heterocycles. The van der Waals surface area contributed by atoms with Gasteiger partial charge in [0.2, 0.25) is 5.82 Å². The van der Waals surface area contributed by atoms with Gasteiger partial charge in [-0.1, -0.05) is 13.0 Å². The summed E-state index contributed by atoms with van der Waals surface area (Å²) in [6, 6.07) is 3.13. The number of nitrogens with zero attached hydrogens (tertiary/aromatic N) is 1. The molecule has 19 heavy (non-hydrogen) atoms. The van der Waals surface area contributed by atoms with E-state index >= 15 is 0 Å². The van der Waals surface area contributed by atoms with E-state index in [0.717, 1.165) is 12.1 Å². The lowest BCUT2D eigenvalue weighted by molar-refractivity contribution is -0.387. The molecule has 1 aromatic rings. The molecule has 1 rings (SSSR count). The molecule has 0 saturated heterocycles. The smallest absolute Gasteiger partial charge is 0.305 e. The number of benzene rings is 1. The summed E-state index contributed by atoms with van der Waals surface area (Å²) in [5.41, 5.74) is -0.404. The minimum atomic E-state index is -1.00. The molecule has 0 aliphatic heterocycles. The molecule has 0 amide bonds. The van der Waals surface area contributed by atoms with E-state index in [4.69, 9.17) is 5.11 Å². The minimum Gasteiger partial charge on any atom is -0.395 e. The SMILES string of the molecule is CCC(CO)NCC(O)c1ccc(F)c([N+](=O)[O-])c1. The zero-order valence-corrected chi connectivity index (χ0v) is 10.5. The molecule has 0 aliphatic carbocycles. The molecule has 0 bridgehead atoms. The Hall–Kier alpha value is -1.57. The van der Waals surface area contributed by atoms with Gasteiger partial charge in [-0.2, -0.15) is 4.39 Å². The summed E-state index contributed by atoms with van der Waals surface area (Å²) in [6.45, 7) is 1.94. The summed E-state index contributed by atoms with van der Waals surface area (Å²) >= 11 is 0. The topological polar surface area (TPSA) is 95.6 Å². The van der Waals surface area contributed by atoms with E-state index in [0.29, 0.717) is 6.42 Å². The van der Waals surface area contributed by atoms with Crippen molar-refractivity contribution in [3.05, 3.63) is 39.7 Å². The third-order valence-corrected chi connectivity index (χ3v) is 2.86. The summed E-state index contributed by atoms with van der Waals surface area (Å²) in [6.07, 6.45) is -0.313. The second kappa shape index (κ2) is 7.13. The monoisotopic (exact) mass is 272 g/mol. The van der Waals surface area contributed by atoms with Crippen molar-refractivity contribution in [2.24, 2.45) is 0 Å². The van der Waals surface area contributed by atoms with Crippen LogP contribution in [0.1, 0.15) is 25.0 Å². The fourth-order valence-electron chi connectivity index (χ4n) is 1.61. The number of halogens is 1. The molecule has 0 aromatic heterocycles. The van der Waals surface area contributed by atoms with Crippen LogP contribution in [0.2, 0.25) is 0 Å². The largest absolute Gasteiger partial charge is 0.395 e. The first-order valence-electron chi connectivity index (χ1n) is 5.95. The molecule has 1 aromatic carbocycles. The van der Waals surface area contributed by atoms with Gasteiger partial charge in [-0.3, -0.25) is 10.1 Å². The molecule has 0 fully saturated rings. The summed E-state index contributed by atoms with van der Waals surface area (Å²) in [5, 5.41) is 32.4.